The predicted molar refractivity (Wildman–Crippen MR) is 62.3 cm³/mol. The van der Waals surface area contributed by atoms with Crippen LogP contribution in [0.5, 0.6) is 0 Å². The molecule has 1 aromatic heterocycles. The van der Waals surface area contributed by atoms with Crippen molar-refractivity contribution in [3.05, 3.63) is 17.5 Å². The zero-order chi connectivity index (χ0) is 12.3. The number of aryl methyl sites for hydroxylation is 2. The van der Waals surface area contributed by atoms with Crippen molar-refractivity contribution in [3.63, 3.8) is 0 Å². The Kier molecular flexibility index (Phi) is 3.73. The highest BCUT2D eigenvalue weighted by Crippen LogP contribution is 2.28. The SMILES string of the molecule is CCCC(C)(Cc1cc(C)nn1C)C(=O)O. The van der Waals surface area contributed by atoms with Gasteiger partial charge in [0.1, 0.15) is 0 Å². The summed E-state index contributed by atoms with van der Waals surface area (Å²) in [6.07, 6.45) is 2.10. The fourth-order valence-electron chi connectivity index (χ4n) is 2.05. The van der Waals surface area contributed by atoms with E-state index in [1.54, 1.807) is 11.6 Å². The van der Waals surface area contributed by atoms with Crippen LogP contribution in [0.15, 0.2) is 6.07 Å². The molecule has 0 saturated heterocycles. The van der Waals surface area contributed by atoms with Gasteiger partial charge < -0.3 is 5.11 Å². The minimum absolute atomic E-state index is 0.535. The van der Waals surface area contributed by atoms with Gasteiger partial charge in [0.2, 0.25) is 0 Å². The van der Waals surface area contributed by atoms with Crippen LogP contribution < -0.4 is 0 Å². The molecule has 0 radical (unpaired) electrons. The summed E-state index contributed by atoms with van der Waals surface area (Å²) in [5.41, 5.74) is 1.23. The molecule has 0 aliphatic carbocycles. The smallest absolute Gasteiger partial charge is 0.309 e. The van der Waals surface area contributed by atoms with Gasteiger partial charge >= 0.3 is 5.97 Å². The summed E-state index contributed by atoms with van der Waals surface area (Å²) in [4.78, 5) is 11.3. The van der Waals surface area contributed by atoms with Gasteiger partial charge in [0.05, 0.1) is 11.1 Å². The fraction of sp³-hybridized carbons (Fsp3) is 0.667. The third-order valence-corrected chi connectivity index (χ3v) is 2.99. The molecule has 1 unspecified atom stereocenters. The van der Waals surface area contributed by atoms with Gasteiger partial charge in [-0.2, -0.15) is 5.10 Å². The lowest BCUT2D eigenvalue weighted by Gasteiger charge is -2.24. The Bertz CT molecular complexity index is 384. The van der Waals surface area contributed by atoms with Crippen LogP contribution >= 0.6 is 0 Å². The molecule has 16 heavy (non-hydrogen) atoms. The zero-order valence-corrected chi connectivity index (χ0v) is 10.4. The van der Waals surface area contributed by atoms with Gasteiger partial charge in [0.25, 0.3) is 0 Å². The van der Waals surface area contributed by atoms with Crippen molar-refractivity contribution in [2.24, 2.45) is 12.5 Å². The highest BCUT2D eigenvalue weighted by molar-refractivity contribution is 5.74. The van der Waals surface area contributed by atoms with E-state index in [0.717, 1.165) is 17.8 Å². The second-order valence-corrected chi connectivity index (χ2v) is 4.69. The Morgan fingerprint density at radius 2 is 2.25 bits per heavy atom. The topological polar surface area (TPSA) is 55.1 Å². The van der Waals surface area contributed by atoms with Gasteiger partial charge in [-0.1, -0.05) is 13.3 Å². The van der Waals surface area contributed by atoms with E-state index in [4.69, 9.17) is 0 Å². The van der Waals surface area contributed by atoms with E-state index in [2.05, 4.69) is 5.10 Å². The number of hydrogen-bond donors (Lipinski definition) is 1. The monoisotopic (exact) mass is 224 g/mol. The first-order valence-electron chi connectivity index (χ1n) is 5.62. The molecule has 0 amide bonds. The normalized spacial score (nSPS) is 14.8. The van der Waals surface area contributed by atoms with Crippen LogP contribution in [0.1, 0.15) is 38.1 Å². The maximum atomic E-state index is 11.3. The second-order valence-electron chi connectivity index (χ2n) is 4.69. The molecule has 0 spiro atoms. The summed E-state index contributed by atoms with van der Waals surface area (Å²) < 4.78 is 1.77. The fourth-order valence-corrected chi connectivity index (χ4v) is 2.05. The Morgan fingerprint density at radius 3 is 2.62 bits per heavy atom. The lowest BCUT2D eigenvalue weighted by Crippen LogP contribution is -2.30. The lowest BCUT2D eigenvalue weighted by atomic mass is 9.81. The van der Waals surface area contributed by atoms with E-state index >= 15 is 0 Å². The van der Waals surface area contributed by atoms with Crippen LogP contribution in [0.4, 0.5) is 0 Å². The van der Waals surface area contributed by atoms with E-state index in [1.807, 2.05) is 27.0 Å². The molecular formula is C12H20N2O2. The average molecular weight is 224 g/mol. The summed E-state index contributed by atoms with van der Waals surface area (Å²) in [6, 6.07) is 1.96. The Morgan fingerprint density at radius 1 is 1.62 bits per heavy atom. The molecule has 0 aliphatic rings. The molecule has 1 N–H and O–H groups in total. The van der Waals surface area contributed by atoms with Crippen LogP contribution in [-0.2, 0) is 18.3 Å². The number of carbonyl (C=O) groups is 1. The van der Waals surface area contributed by atoms with E-state index in [1.165, 1.54) is 0 Å². The van der Waals surface area contributed by atoms with Gasteiger partial charge in [0.15, 0.2) is 0 Å². The number of hydrogen-bond acceptors (Lipinski definition) is 2. The maximum Gasteiger partial charge on any atom is 0.309 e. The predicted octanol–water partition coefficient (Wildman–Crippen LogP) is 2.16. The van der Waals surface area contributed by atoms with Crippen LogP contribution in [0, 0.1) is 12.3 Å². The number of aliphatic carboxylic acids is 1. The van der Waals surface area contributed by atoms with E-state index < -0.39 is 11.4 Å². The average Bonchev–Trinajstić information content (AvgIpc) is 2.45. The number of carboxylic acids is 1. The lowest BCUT2D eigenvalue weighted by molar-refractivity contribution is -0.148. The summed E-state index contributed by atoms with van der Waals surface area (Å²) in [5, 5.41) is 13.5. The largest absolute Gasteiger partial charge is 0.481 e. The van der Waals surface area contributed by atoms with Crippen molar-refractivity contribution >= 4 is 5.97 Å². The van der Waals surface area contributed by atoms with Crippen molar-refractivity contribution in [1.29, 1.82) is 0 Å². The number of aromatic nitrogens is 2. The zero-order valence-electron chi connectivity index (χ0n) is 10.4. The third kappa shape index (κ3) is 2.62. The summed E-state index contributed by atoms with van der Waals surface area (Å²) in [6.45, 7) is 5.73. The van der Waals surface area contributed by atoms with Gasteiger partial charge in [-0.15, -0.1) is 0 Å². The van der Waals surface area contributed by atoms with Crippen LogP contribution in [0.2, 0.25) is 0 Å². The standard InChI is InChI=1S/C12H20N2O2/c1-5-6-12(3,11(15)16)8-10-7-9(2)13-14(10)4/h7H,5-6,8H2,1-4H3,(H,15,16). The van der Waals surface area contributed by atoms with E-state index in [-0.39, 0.29) is 0 Å². The Labute approximate surface area is 96.3 Å². The summed E-state index contributed by atoms with van der Waals surface area (Å²) in [5.74, 6) is -0.729. The van der Waals surface area contributed by atoms with Crippen LogP contribution in [0.3, 0.4) is 0 Å². The first-order valence-corrected chi connectivity index (χ1v) is 5.62. The van der Waals surface area contributed by atoms with E-state index in [0.29, 0.717) is 12.8 Å². The van der Waals surface area contributed by atoms with Crippen molar-refractivity contribution in [2.45, 2.75) is 40.0 Å². The molecule has 4 nitrogen and oxygen atoms in total. The molecule has 1 rings (SSSR count). The molecule has 90 valence electrons. The van der Waals surface area contributed by atoms with Crippen molar-refractivity contribution < 1.29 is 9.90 Å². The van der Waals surface area contributed by atoms with Gasteiger partial charge in [0, 0.05) is 19.2 Å². The Hall–Kier alpha value is -1.32. The minimum Gasteiger partial charge on any atom is -0.481 e. The molecule has 0 aliphatic heterocycles. The molecule has 1 heterocycles. The molecule has 1 aromatic rings. The molecule has 0 fully saturated rings. The van der Waals surface area contributed by atoms with Crippen molar-refractivity contribution in [2.75, 3.05) is 0 Å². The van der Waals surface area contributed by atoms with Crippen molar-refractivity contribution in [1.82, 2.24) is 9.78 Å². The quantitative estimate of drug-likeness (QED) is 0.833. The number of nitrogens with zero attached hydrogens (tertiary/aromatic N) is 2. The third-order valence-electron chi connectivity index (χ3n) is 2.99. The van der Waals surface area contributed by atoms with Crippen molar-refractivity contribution in [3.8, 4) is 0 Å². The highest BCUT2D eigenvalue weighted by Gasteiger charge is 2.33. The Balaban J connectivity index is 2.92. The first-order chi connectivity index (χ1) is 7.39. The van der Waals surface area contributed by atoms with Gasteiger partial charge in [-0.3, -0.25) is 9.48 Å². The maximum absolute atomic E-state index is 11.3. The molecule has 0 aromatic carbocycles. The number of carboxylic acid groups (broad SMARTS) is 1. The summed E-state index contributed by atoms with van der Waals surface area (Å²) >= 11 is 0. The second kappa shape index (κ2) is 4.68. The molecule has 4 heteroatoms. The first kappa shape index (κ1) is 12.7. The molecular weight excluding hydrogens is 204 g/mol. The number of rotatable bonds is 5. The summed E-state index contributed by atoms with van der Waals surface area (Å²) in [7, 11) is 1.86. The molecule has 1 atom stereocenters. The van der Waals surface area contributed by atoms with Gasteiger partial charge in [-0.25, -0.2) is 0 Å². The van der Waals surface area contributed by atoms with Crippen LogP contribution in [-0.4, -0.2) is 20.9 Å². The van der Waals surface area contributed by atoms with Crippen LogP contribution in [0.25, 0.3) is 0 Å². The highest BCUT2D eigenvalue weighted by atomic mass is 16.4. The van der Waals surface area contributed by atoms with Gasteiger partial charge in [-0.05, 0) is 26.3 Å². The molecule has 0 bridgehead atoms. The molecule has 0 saturated carbocycles. The van der Waals surface area contributed by atoms with E-state index in [9.17, 15) is 9.90 Å². The minimum atomic E-state index is -0.729.